The third kappa shape index (κ3) is 5.67. The van der Waals surface area contributed by atoms with Crippen LogP contribution in [0, 0.1) is 12.7 Å². The van der Waals surface area contributed by atoms with E-state index in [-0.39, 0.29) is 11.8 Å². The van der Waals surface area contributed by atoms with Crippen molar-refractivity contribution >= 4 is 6.03 Å². The summed E-state index contributed by atoms with van der Waals surface area (Å²) in [6.45, 7) is 3.05. The van der Waals surface area contributed by atoms with Crippen molar-refractivity contribution in [2.45, 2.75) is 13.5 Å². The molecule has 0 bridgehead atoms. The van der Waals surface area contributed by atoms with Gasteiger partial charge in [-0.2, -0.15) is 0 Å². The molecule has 0 atom stereocenters. The van der Waals surface area contributed by atoms with E-state index < -0.39 is 5.82 Å². The summed E-state index contributed by atoms with van der Waals surface area (Å²) in [5, 5.41) is 2.77. The van der Waals surface area contributed by atoms with E-state index in [0.29, 0.717) is 25.3 Å². The maximum atomic E-state index is 13.7. The zero-order valence-electron chi connectivity index (χ0n) is 14.7. The van der Waals surface area contributed by atoms with Gasteiger partial charge >= 0.3 is 6.03 Å². The first-order chi connectivity index (χ1) is 12.0. The second kappa shape index (κ2) is 8.92. The van der Waals surface area contributed by atoms with Crippen LogP contribution in [0.25, 0.3) is 0 Å². The van der Waals surface area contributed by atoms with Crippen LogP contribution in [-0.2, 0) is 6.54 Å². The SMILES string of the molecule is COc1ccc(CN(C)C(=O)NCCOc2cccc(C)c2)cc1F. The first-order valence-electron chi connectivity index (χ1n) is 8.00. The molecule has 0 heterocycles. The van der Waals surface area contributed by atoms with Gasteiger partial charge in [-0.1, -0.05) is 18.2 Å². The molecule has 0 spiro atoms. The number of methoxy groups -OCH3 is 1. The van der Waals surface area contributed by atoms with Crippen molar-refractivity contribution in [1.29, 1.82) is 0 Å². The third-order valence-electron chi connectivity index (χ3n) is 3.62. The highest BCUT2D eigenvalue weighted by atomic mass is 19.1. The minimum absolute atomic E-state index is 0.184. The number of aryl methyl sites for hydroxylation is 1. The molecular formula is C19H23FN2O3. The molecule has 2 rings (SSSR count). The number of benzene rings is 2. The monoisotopic (exact) mass is 346 g/mol. The number of nitrogens with zero attached hydrogens (tertiary/aromatic N) is 1. The van der Waals surface area contributed by atoms with Crippen molar-refractivity contribution < 1.29 is 18.7 Å². The number of hydrogen-bond donors (Lipinski definition) is 1. The maximum absolute atomic E-state index is 13.7. The summed E-state index contributed by atoms with van der Waals surface area (Å²) >= 11 is 0. The van der Waals surface area contributed by atoms with Crippen LogP contribution in [0.2, 0.25) is 0 Å². The van der Waals surface area contributed by atoms with Gasteiger partial charge in [0.1, 0.15) is 12.4 Å². The second-order valence-corrected chi connectivity index (χ2v) is 5.72. The van der Waals surface area contributed by atoms with E-state index in [1.807, 2.05) is 31.2 Å². The van der Waals surface area contributed by atoms with E-state index in [4.69, 9.17) is 9.47 Å². The molecule has 25 heavy (non-hydrogen) atoms. The Kier molecular flexibility index (Phi) is 6.62. The smallest absolute Gasteiger partial charge is 0.317 e. The normalized spacial score (nSPS) is 10.2. The van der Waals surface area contributed by atoms with Gasteiger partial charge in [-0.05, 0) is 42.3 Å². The van der Waals surface area contributed by atoms with Crippen molar-refractivity contribution in [1.82, 2.24) is 10.2 Å². The van der Waals surface area contributed by atoms with Crippen molar-refractivity contribution in [3.63, 3.8) is 0 Å². The number of carbonyl (C=O) groups excluding carboxylic acids is 1. The summed E-state index contributed by atoms with van der Waals surface area (Å²) in [5.74, 6) is 0.515. The zero-order chi connectivity index (χ0) is 18.2. The van der Waals surface area contributed by atoms with Gasteiger partial charge in [0.05, 0.1) is 13.7 Å². The Morgan fingerprint density at radius 2 is 2.04 bits per heavy atom. The molecule has 5 nitrogen and oxygen atoms in total. The number of urea groups is 1. The van der Waals surface area contributed by atoms with Gasteiger partial charge < -0.3 is 19.7 Å². The van der Waals surface area contributed by atoms with Crippen molar-refractivity contribution in [3.8, 4) is 11.5 Å². The Balaban J connectivity index is 1.75. The van der Waals surface area contributed by atoms with E-state index in [1.54, 1.807) is 19.2 Å². The average molecular weight is 346 g/mol. The molecule has 134 valence electrons. The van der Waals surface area contributed by atoms with E-state index in [0.717, 1.165) is 11.3 Å². The summed E-state index contributed by atoms with van der Waals surface area (Å²) in [5.41, 5.74) is 1.81. The van der Waals surface area contributed by atoms with Crippen LogP contribution in [0.15, 0.2) is 42.5 Å². The molecule has 0 radical (unpaired) electrons. The summed E-state index contributed by atoms with van der Waals surface area (Å²) in [4.78, 5) is 13.5. The molecule has 2 aromatic carbocycles. The van der Waals surface area contributed by atoms with Gasteiger partial charge in [0.15, 0.2) is 11.6 Å². The molecule has 1 N–H and O–H groups in total. The first kappa shape index (κ1) is 18.6. The van der Waals surface area contributed by atoms with Crippen molar-refractivity contribution in [2.75, 3.05) is 27.3 Å². The minimum atomic E-state index is -0.444. The number of carbonyl (C=O) groups is 1. The molecule has 0 aliphatic carbocycles. The van der Waals surface area contributed by atoms with Crippen molar-refractivity contribution in [3.05, 3.63) is 59.4 Å². The Morgan fingerprint density at radius 3 is 2.72 bits per heavy atom. The predicted octanol–water partition coefficient (Wildman–Crippen LogP) is 3.36. The van der Waals surface area contributed by atoms with Gasteiger partial charge in [0.25, 0.3) is 0 Å². The molecule has 0 aliphatic rings. The number of nitrogens with one attached hydrogen (secondary N) is 1. The Bertz CT molecular complexity index is 722. The third-order valence-corrected chi connectivity index (χ3v) is 3.62. The molecular weight excluding hydrogens is 323 g/mol. The highest BCUT2D eigenvalue weighted by Crippen LogP contribution is 2.18. The topological polar surface area (TPSA) is 50.8 Å². The zero-order valence-corrected chi connectivity index (χ0v) is 14.7. The largest absolute Gasteiger partial charge is 0.494 e. The molecule has 0 aromatic heterocycles. The molecule has 0 saturated carbocycles. The van der Waals surface area contributed by atoms with Gasteiger partial charge in [-0.15, -0.1) is 0 Å². The van der Waals surface area contributed by atoms with Crippen LogP contribution in [0.3, 0.4) is 0 Å². The average Bonchev–Trinajstić information content (AvgIpc) is 2.58. The number of ether oxygens (including phenoxy) is 2. The lowest BCUT2D eigenvalue weighted by atomic mass is 10.2. The van der Waals surface area contributed by atoms with Crippen LogP contribution in [0.4, 0.5) is 9.18 Å². The fraction of sp³-hybridized carbons (Fsp3) is 0.316. The second-order valence-electron chi connectivity index (χ2n) is 5.72. The Hall–Kier alpha value is -2.76. The quantitative estimate of drug-likeness (QED) is 0.782. The van der Waals surface area contributed by atoms with E-state index in [9.17, 15) is 9.18 Å². The highest BCUT2D eigenvalue weighted by molar-refractivity contribution is 5.73. The van der Waals surface area contributed by atoms with E-state index >= 15 is 0 Å². The van der Waals surface area contributed by atoms with Crippen LogP contribution in [-0.4, -0.2) is 38.2 Å². The minimum Gasteiger partial charge on any atom is -0.494 e. The van der Waals surface area contributed by atoms with Gasteiger partial charge in [-0.25, -0.2) is 9.18 Å². The van der Waals surface area contributed by atoms with Gasteiger partial charge in [0.2, 0.25) is 0 Å². The van der Waals surface area contributed by atoms with E-state index in [1.165, 1.54) is 18.1 Å². The molecule has 0 unspecified atom stereocenters. The molecule has 0 aliphatic heterocycles. The molecule has 6 heteroatoms. The molecule has 2 aromatic rings. The van der Waals surface area contributed by atoms with Crippen LogP contribution >= 0.6 is 0 Å². The molecule has 0 fully saturated rings. The maximum Gasteiger partial charge on any atom is 0.317 e. The Labute approximate surface area is 147 Å². The van der Waals surface area contributed by atoms with Gasteiger partial charge in [-0.3, -0.25) is 0 Å². The number of hydrogen-bond acceptors (Lipinski definition) is 3. The predicted molar refractivity (Wildman–Crippen MR) is 94.5 cm³/mol. The fourth-order valence-corrected chi connectivity index (χ4v) is 2.32. The number of amides is 2. The summed E-state index contributed by atoms with van der Waals surface area (Å²) in [6, 6.07) is 12.1. The van der Waals surface area contributed by atoms with Crippen molar-refractivity contribution in [2.24, 2.45) is 0 Å². The Morgan fingerprint density at radius 1 is 1.24 bits per heavy atom. The lowest BCUT2D eigenvalue weighted by Crippen LogP contribution is -2.38. The standard InChI is InChI=1S/C19H23FN2O3/c1-14-5-4-6-16(11-14)25-10-9-21-19(23)22(2)13-15-7-8-18(24-3)17(20)12-15/h4-8,11-12H,9-10,13H2,1-3H3,(H,21,23). The van der Waals surface area contributed by atoms with Crippen LogP contribution < -0.4 is 14.8 Å². The lowest BCUT2D eigenvalue weighted by Gasteiger charge is -2.18. The van der Waals surface area contributed by atoms with Gasteiger partial charge in [0, 0.05) is 13.6 Å². The fourth-order valence-electron chi connectivity index (χ4n) is 2.32. The number of halogens is 1. The molecule has 0 saturated heterocycles. The van der Waals surface area contributed by atoms with Crippen LogP contribution in [0.5, 0.6) is 11.5 Å². The highest BCUT2D eigenvalue weighted by Gasteiger charge is 2.10. The van der Waals surface area contributed by atoms with Crippen LogP contribution in [0.1, 0.15) is 11.1 Å². The first-order valence-corrected chi connectivity index (χ1v) is 8.00. The summed E-state index contributed by atoms with van der Waals surface area (Å²) in [7, 11) is 3.06. The van der Waals surface area contributed by atoms with E-state index in [2.05, 4.69) is 5.32 Å². The molecule has 2 amide bonds. The summed E-state index contributed by atoms with van der Waals surface area (Å²) < 4.78 is 24.1. The number of rotatable bonds is 7. The lowest BCUT2D eigenvalue weighted by molar-refractivity contribution is 0.203. The summed E-state index contributed by atoms with van der Waals surface area (Å²) in [6.07, 6.45) is 0.